The summed E-state index contributed by atoms with van der Waals surface area (Å²) in [6, 6.07) is 5.23. The Labute approximate surface area is 105 Å². The van der Waals surface area contributed by atoms with E-state index in [1.807, 2.05) is 18.2 Å². The van der Waals surface area contributed by atoms with Crippen molar-refractivity contribution in [1.29, 1.82) is 0 Å². The van der Waals surface area contributed by atoms with Gasteiger partial charge in [0.2, 0.25) is 0 Å². The number of benzene rings is 1. The van der Waals surface area contributed by atoms with E-state index >= 15 is 0 Å². The summed E-state index contributed by atoms with van der Waals surface area (Å²) in [6.07, 6.45) is 4.99. The van der Waals surface area contributed by atoms with E-state index < -0.39 is 12.0 Å². The normalized spacial score (nSPS) is 28.2. The van der Waals surface area contributed by atoms with Gasteiger partial charge in [-0.2, -0.15) is 0 Å². The highest BCUT2D eigenvalue weighted by atomic mass is 16.5. The van der Waals surface area contributed by atoms with Crippen molar-refractivity contribution in [3.8, 4) is 5.75 Å². The summed E-state index contributed by atoms with van der Waals surface area (Å²) in [7, 11) is 1.64. The smallest absolute Gasteiger partial charge is 0.326 e. The van der Waals surface area contributed by atoms with Crippen LogP contribution < -0.4 is 10.1 Å². The first-order chi connectivity index (χ1) is 8.70. The molecule has 0 bridgehead atoms. The zero-order chi connectivity index (χ0) is 12.7. The molecular formula is C14H15NO3. The van der Waals surface area contributed by atoms with Crippen LogP contribution in [0.1, 0.15) is 17.9 Å². The highest BCUT2D eigenvalue weighted by molar-refractivity contribution is 5.80. The van der Waals surface area contributed by atoms with Gasteiger partial charge in [-0.1, -0.05) is 12.2 Å². The summed E-state index contributed by atoms with van der Waals surface area (Å²) in [4.78, 5) is 11.3. The van der Waals surface area contributed by atoms with Gasteiger partial charge in [0.05, 0.1) is 7.11 Å². The van der Waals surface area contributed by atoms with Crippen LogP contribution in [0.25, 0.3) is 0 Å². The molecule has 2 aliphatic rings. The molecule has 1 aliphatic carbocycles. The van der Waals surface area contributed by atoms with Crippen molar-refractivity contribution in [1.82, 2.24) is 0 Å². The van der Waals surface area contributed by atoms with Crippen molar-refractivity contribution in [2.24, 2.45) is 5.92 Å². The van der Waals surface area contributed by atoms with Crippen molar-refractivity contribution < 1.29 is 14.6 Å². The number of anilines is 1. The van der Waals surface area contributed by atoms with Gasteiger partial charge in [0.25, 0.3) is 0 Å². The van der Waals surface area contributed by atoms with E-state index in [1.54, 1.807) is 7.11 Å². The maximum atomic E-state index is 11.3. The second-order valence-electron chi connectivity index (χ2n) is 4.77. The fourth-order valence-electron chi connectivity index (χ4n) is 2.94. The number of hydrogen-bond donors (Lipinski definition) is 2. The Kier molecular flexibility index (Phi) is 2.51. The number of aliphatic carboxylic acids is 1. The lowest BCUT2D eigenvalue weighted by atomic mass is 9.79. The number of methoxy groups -OCH3 is 1. The molecule has 0 spiro atoms. The van der Waals surface area contributed by atoms with E-state index in [-0.39, 0.29) is 11.8 Å². The second kappa shape index (κ2) is 4.05. The summed E-state index contributed by atoms with van der Waals surface area (Å²) in [6.45, 7) is 0. The number of nitrogens with one attached hydrogen (secondary N) is 1. The van der Waals surface area contributed by atoms with E-state index in [2.05, 4.69) is 17.5 Å². The molecule has 3 rings (SSSR count). The summed E-state index contributed by atoms with van der Waals surface area (Å²) in [5.74, 6) is 0.304. The number of rotatable bonds is 2. The number of hydrogen-bond acceptors (Lipinski definition) is 3. The van der Waals surface area contributed by atoms with Gasteiger partial charge in [-0.25, -0.2) is 4.79 Å². The highest BCUT2D eigenvalue weighted by Crippen LogP contribution is 2.45. The topological polar surface area (TPSA) is 58.6 Å². The number of allylic oxidation sites excluding steroid dienone is 2. The lowest BCUT2D eigenvalue weighted by molar-refractivity contribution is -0.139. The summed E-state index contributed by atoms with van der Waals surface area (Å²) in [5, 5.41) is 12.4. The minimum Gasteiger partial charge on any atom is -0.497 e. The van der Waals surface area contributed by atoms with Crippen LogP contribution in [0.4, 0.5) is 5.69 Å². The molecule has 1 aromatic rings. The number of carbonyl (C=O) groups is 1. The Morgan fingerprint density at radius 1 is 1.50 bits per heavy atom. The Morgan fingerprint density at radius 2 is 2.33 bits per heavy atom. The van der Waals surface area contributed by atoms with Crippen molar-refractivity contribution >= 4 is 11.7 Å². The van der Waals surface area contributed by atoms with E-state index in [9.17, 15) is 9.90 Å². The molecule has 0 amide bonds. The van der Waals surface area contributed by atoms with Gasteiger partial charge in [0, 0.05) is 17.5 Å². The lowest BCUT2D eigenvalue weighted by Gasteiger charge is -2.34. The minimum absolute atomic E-state index is 0.0992. The van der Waals surface area contributed by atoms with Crippen LogP contribution in [-0.2, 0) is 4.79 Å². The molecule has 1 aromatic carbocycles. The number of ether oxygens (including phenoxy) is 1. The zero-order valence-corrected chi connectivity index (χ0v) is 10.1. The molecule has 4 nitrogen and oxygen atoms in total. The maximum absolute atomic E-state index is 11.3. The molecular weight excluding hydrogens is 230 g/mol. The number of carboxylic acid groups (broad SMARTS) is 1. The van der Waals surface area contributed by atoms with Crippen LogP contribution in [-0.4, -0.2) is 24.2 Å². The average Bonchev–Trinajstić information content (AvgIpc) is 2.86. The van der Waals surface area contributed by atoms with E-state index in [4.69, 9.17) is 4.74 Å². The van der Waals surface area contributed by atoms with Crippen LogP contribution >= 0.6 is 0 Å². The Morgan fingerprint density at radius 3 is 3.06 bits per heavy atom. The lowest BCUT2D eigenvalue weighted by Crippen LogP contribution is -2.41. The van der Waals surface area contributed by atoms with Crippen LogP contribution in [0.3, 0.4) is 0 Å². The van der Waals surface area contributed by atoms with Crippen LogP contribution in [0, 0.1) is 5.92 Å². The third-order valence-corrected chi connectivity index (χ3v) is 3.84. The molecule has 0 saturated heterocycles. The summed E-state index contributed by atoms with van der Waals surface area (Å²) < 4.78 is 5.23. The van der Waals surface area contributed by atoms with Gasteiger partial charge in [0.1, 0.15) is 11.8 Å². The predicted octanol–water partition coefficient (Wildman–Crippen LogP) is 2.23. The third kappa shape index (κ3) is 1.56. The average molecular weight is 245 g/mol. The molecule has 0 unspecified atom stereocenters. The monoisotopic (exact) mass is 245 g/mol. The van der Waals surface area contributed by atoms with Crippen LogP contribution in [0.15, 0.2) is 30.4 Å². The maximum Gasteiger partial charge on any atom is 0.326 e. The number of carboxylic acids is 1. The molecule has 4 heteroatoms. The molecule has 0 radical (unpaired) electrons. The Bertz CT molecular complexity index is 524. The van der Waals surface area contributed by atoms with Crippen molar-refractivity contribution in [2.45, 2.75) is 18.4 Å². The minimum atomic E-state index is -0.782. The fraction of sp³-hybridized carbons (Fsp3) is 0.357. The first kappa shape index (κ1) is 11.1. The molecule has 94 valence electrons. The van der Waals surface area contributed by atoms with Gasteiger partial charge in [-0.15, -0.1) is 0 Å². The van der Waals surface area contributed by atoms with Crippen LogP contribution in [0.2, 0.25) is 0 Å². The van der Waals surface area contributed by atoms with E-state index in [0.29, 0.717) is 0 Å². The largest absolute Gasteiger partial charge is 0.497 e. The first-order valence-electron chi connectivity index (χ1n) is 6.04. The Balaban J connectivity index is 2.06. The molecule has 1 heterocycles. The Hall–Kier alpha value is -1.97. The van der Waals surface area contributed by atoms with Crippen molar-refractivity contribution in [2.75, 3.05) is 12.4 Å². The molecule has 18 heavy (non-hydrogen) atoms. The standard InChI is InChI=1S/C14H15NO3/c1-18-8-5-6-12-11(7-8)9-3-2-4-10(9)13(15-12)14(16)17/h2-3,5-7,9-10,13,15H,4H2,1H3,(H,16,17)/t9-,10-,13+/m0/s1. The predicted molar refractivity (Wildman–Crippen MR) is 68.0 cm³/mol. The first-order valence-corrected chi connectivity index (χ1v) is 6.04. The van der Waals surface area contributed by atoms with Crippen molar-refractivity contribution in [3.05, 3.63) is 35.9 Å². The van der Waals surface area contributed by atoms with E-state index in [0.717, 1.165) is 23.4 Å². The molecule has 0 aromatic heterocycles. The fourth-order valence-corrected chi connectivity index (χ4v) is 2.94. The van der Waals surface area contributed by atoms with Gasteiger partial charge in [-0.3, -0.25) is 0 Å². The molecule has 1 aliphatic heterocycles. The van der Waals surface area contributed by atoms with Gasteiger partial charge >= 0.3 is 5.97 Å². The van der Waals surface area contributed by atoms with Gasteiger partial charge < -0.3 is 15.2 Å². The molecule has 0 saturated carbocycles. The van der Waals surface area contributed by atoms with Crippen molar-refractivity contribution in [3.63, 3.8) is 0 Å². The SMILES string of the molecule is COc1ccc2c(c1)[C@H]1C=CC[C@@H]1[C@H](C(=O)O)N2. The molecule has 0 fully saturated rings. The van der Waals surface area contributed by atoms with Crippen LogP contribution in [0.5, 0.6) is 5.75 Å². The summed E-state index contributed by atoms with van der Waals surface area (Å²) >= 11 is 0. The van der Waals surface area contributed by atoms with Gasteiger partial charge in [0.15, 0.2) is 0 Å². The third-order valence-electron chi connectivity index (χ3n) is 3.84. The number of fused-ring (bicyclic) bond motifs is 3. The molecule has 2 N–H and O–H groups in total. The zero-order valence-electron chi connectivity index (χ0n) is 10.1. The quantitative estimate of drug-likeness (QED) is 0.784. The van der Waals surface area contributed by atoms with Gasteiger partial charge in [-0.05, 0) is 30.2 Å². The highest BCUT2D eigenvalue weighted by Gasteiger charge is 2.40. The second-order valence-corrected chi connectivity index (χ2v) is 4.77. The molecule has 3 atom stereocenters. The van der Waals surface area contributed by atoms with E-state index in [1.165, 1.54) is 0 Å². The summed E-state index contributed by atoms with van der Waals surface area (Å²) in [5.41, 5.74) is 2.03.